The Kier molecular flexibility index (Phi) is 4.87. The number of rotatable bonds is 6. The molecule has 0 atom stereocenters. The third-order valence-corrected chi connectivity index (χ3v) is 5.64. The molecule has 0 unspecified atom stereocenters. The fraction of sp³-hybridized carbons (Fsp3) is 0.500. The number of nitrogens with one attached hydrogen (secondary N) is 2. The van der Waals surface area contributed by atoms with Crippen molar-refractivity contribution < 1.29 is 16.8 Å². The van der Waals surface area contributed by atoms with Gasteiger partial charge in [-0.2, -0.15) is 0 Å². The molecule has 1 heterocycles. The van der Waals surface area contributed by atoms with Crippen molar-refractivity contribution >= 4 is 25.7 Å². The first kappa shape index (κ1) is 16.2. The predicted octanol–water partition coefficient (Wildman–Crippen LogP) is 0.00160. The number of nitrogens with two attached hydrogens (primary N) is 1. The Morgan fingerprint density at radius 1 is 1.24 bits per heavy atom. The molecule has 9 heteroatoms. The summed E-state index contributed by atoms with van der Waals surface area (Å²) in [4.78, 5) is 0.253. The highest BCUT2D eigenvalue weighted by atomic mass is 32.2. The highest BCUT2D eigenvalue weighted by Gasteiger charge is 2.21. The number of hydrogen-bond acceptors (Lipinski definition) is 5. The van der Waals surface area contributed by atoms with Gasteiger partial charge in [0, 0.05) is 18.8 Å². The van der Waals surface area contributed by atoms with Crippen molar-refractivity contribution in [2.75, 3.05) is 24.2 Å². The normalized spacial score (nSPS) is 15.3. The second-order valence-corrected chi connectivity index (χ2v) is 8.40. The Balaban J connectivity index is 2.10. The van der Waals surface area contributed by atoms with E-state index in [0.29, 0.717) is 6.42 Å². The van der Waals surface area contributed by atoms with Crippen LogP contribution in [0.5, 0.6) is 0 Å². The topological polar surface area (TPSA) is 118 Å². The lowest BCUT2D eigenvalue weighted by Gasteiger charge is -2.21. The highest BCUT2D eigenvalue weighted by molar-refractivity contribution is 7.89. The number of anilines is 1. The number of hydrogen-bond donors (Lipinski definition) is 3. The number of primary sulfonamides is 1. The van der Waals surface area contributed by atoms with E-state index < -0.39 is 20.0 Å². The van der Waals surface area contributed by atoms with Crippen LogP contribution in [0.4, 0.5) is 5.69 Å². The van der Waals surface area contributed by atoms with Crippen molar-refractivity contribution in [2.24, 2.45) is 5.14 Å². The first-order chi connectivity index (χ1) is 9.80. The molecule has 0 aromatic heterocycles. The standard InChI is InChI=1S/C12H19N3O4S2/c13-20(16,17)9-3-8-15-21(18,19)12-6-1-5-11-10(12)4-2-7-14-11/h1,5-6,14-15H,2-4,7-9H2,(H2,13,16,17). The molecule has 118 valence electrons. The van der Waals surface area contributed by atoms with Gasteiger partial charge in [-0.25, -0.2) is 26.7 Å². The molecule has 4 N–H and O–H groups in total. The monoisotopic (exact) mass is 333 g/mol. The van der Waals surface area contributed by atoms with E-state index in [9.17, 15) is 16.8 Å². The van der Waals surface area contributed by atoms with E-state index in [1.807, 2.05) is 6.07 Å². The zero-order valence-electron chi connectivity index (χ0n) is 11.5. The Labute approximate surface area is 125 Å². The van der Waals surface area contributed by atoms with Crippen LogP contribution >= 0.6 is 0 Å². The van der Waals surface area contributed by atoms with Crippen LogP contribution in [0.1, 0.15) is 18.4 Å². The van der Waals surface area contributed by atoms with E-state index in [0.717, 1.165) is 24.2 Å². The summed E-state index contributed by atoms with van der Waals surface area (Å²) in [6, 6.07) is 5.11. The molecular weight excluding hydrogens is 314 g/mol. The van der Waals surface area contributed by atoms with Gasteiger partial charge in [0.25, 0.3) is 0 Å². The summed E-state index contributed by atoms with van der Waals surface area (Å²) in [7, 11) is -7.21. The smallest absolute Gasteiger partial charge is 0.240 e. The summed E-state index contributed by atoms with van der Waals surface area (Å²) in [5, 5.41) is 8.05. The van der Waals surface area contributed by atoms with Crippen molar-refractivity contribution in [3.8, 4) is 0 Å². The first-order valence-electron chi connectivity index (χ1n) is 6.65. The van der Waals surface area contributed by atoms with Crippen LogP contribution in [-0.2, 0) is 26.5 Å². The van der Waals surface area contributed by atoms with E-state index in [4.69, 9.17) is 5.14 Å². The lowest BCUT2D eigenvalue weighted by atomic mass is 10.0. The van der Waals surface area contributed by atoms with Crippen molar-refractivity contribution in [1.82, 2.24) is 4.72 Å². The zero-order chi connectivity index (χ0) is 15.5. The van der Waals surface area contributed by atoms with E-state index >= 15 is 0 Å². The SMILES string of the molecule is NS(=O)(=O)CCCNS(=O)(=O)c1cccc2c1CCCN2. The molecule has 21 heavy (non-hydrogen) atoms. The van der Waals surface area contributed by atoms with Crippen molar-refractivity contribution in [3.63, 3.8) is 0 Å². The fourth-order valence-electron chi connectivity index (χ4n) is 2.29. The maximum absolute atomic E-state index is 12.3. The molecule has 0 bridgehead atoms. The Hall–Kier alpha value is -1.16. The molecule has 1 aromatic carbocycles. The van der Waals surface area contributed by atoms with Crippen LogP contribution in [0.3, 0.4) is 0 Å². The summed E-state index contributed by atoms with van der Waals surface area (Å²) in [6.45, 7) is 0.869. The largest absolute Gasteiger partial charge is 0.385 e. The second-order valence-electron chi connectivity index (χ2n) is 4.93. The van der Waals surface area contributed by atoms with Gasteiger partial charge >= 0.3 is 0 Å². The Bertz CT molecular complexity index is 714. The van der Waals surface area contributed by atoms with Crippen molar-refractivity contribution in [2.45, 2.75) is 24.2 Å². The number of fused-ring (bicyclic) bond motifs is 1. The van der Waals surface area contributed by atoms with Gasteiger partial charge in [0.2, 0.25) is 20.0 Å². The Morgan fingerprint density at radius 3 is 2.71 bits per heavy atom. The molecular formula is C12H19N3O4S2. The van der Waals surface area contributed by atoms with Crippen LogP contribution in [0.15, 0.2) is 23.1 Å². The predicted molar refractivity (Wildman–Crippen MR) is 81.0 cm³/mol. The lowest BCUT2D eigenvalue weighted by Crippen LogP contribution is -2.29. The van der Waals surface area contributed by atoms with Gasteiger partial charge in [-0.05, 0) is 37.0 Å². The summed E-state index contributed by atoms with van der Waals surface area (Å²) in [6.07, 6.45) is 1.73. The molecule has 7 nitrogen and oxygen atoms in total. The molecule has 0 fully saturated rings. The van der Waals surface area contributed by atoms with Crippen LogP contribution < -0.4 is 15.2 Å². The van der Waals surface area contributed by atoms with Gasteiger partial charge in [0.1, 0.15) is 0 Å². The Morgan fingerprint density at radius 2 is 2.00 bits per heavy atom. The highest BCUT2D eigenvalue weighted by Crippen LogP contribution is 2.28. The first-order valence-corrected chi connectivity index (χ1v) is 9.85. The molecule has 0 aliphatic carbocycles. The van der Waals surface area contributed by atoms with Crippen LogP contribution in [-0.4, -0.2) is 35.7 Å². The molecule has 1 aliphatic rings. The molecule has 2 rings (SSSR count). The maximum Gasteiger partial charge on any atom is 0.240 e. The van der Waals surface area contributed by atoms with E-state index in [1.165, 1.54) is 0 Å². The third kappa shape index (κ3) is 4.40. The van der Waals surface area contributed by atoms with Gasteiger partial charge in [-0.3, -0.25) is 0 Å². The second kappa shape index (κ2) is 6.30. The van der Waals surface area contributed by atoms with E-state index in [1.54, 1.807) is 12.1 Å². The molecule has 0 amide bonds. The van der Waals surface area contributed by atoms with Gasteiger partial charge < -0.3 is 5.32 Å². The molecule has 0 spiro atoms. The summed E-state index contributed by atoms with van der Waals surface area (Å²) >= 11 is 0. The minimum atomic E-state index is -3.65. The van der Waals surface area contributed by atoms with Gasteiger partial charge in [-0.1, -0.05) is 6.07 Å². The molecule has 1 aliphatic heterocycles. The summed E-state index contributed by atoms with van der Waals surface area (Å²) < 4.78 is 48.7. The number of benzene rings is 1. The van der Waals surface area contributed by atoms with E-state index in [2.05, 4.69) is 10.0 Å². The lowest BCUT2D eigenvalue weighted by molar-refractivity contribution is 0.575. The van der Waals surface area contributed by atoms with Gasteiger partial charge in [0.15, 0.2) is 0 Å². The average molecular weight is 333 g/mol. The molecule has 1 aromatic rings. The zero-order valence-corrected chi connectivity index (χ0v) is 13.1. The van der Waals surface area contributed by atoms with Gasteiger partial charge in [-0.15, -0.1) is 0 Å². The minimum absolute atomic E-state index is 0.0376. The summed E-state index contributed by atoms with van der Waals surface area (Å²) in [5.41, 5.74) is 1.62. The summed E-state index contributed by atoms with van der Waals surface area (Å²) in [5.74, 6) is -0.246. The van der Waals surface area contributed by atoms with Crippen molar-refractivity contribution in [1.29, 1.82) is 0 Å². The van der Waals surface area contributed by atoms with Crippen molar-refractivity contribution in [3.05, 3.63) is 23.8 Å². The van der Waals surface area contributed by atoms with Crippen LogP contribution in [0.2, 0.25) is 0 Å². The third-order valence-electron chi connectivity index (χ3n) is 3.24. The maximum atomic E-state index is 12.3. The molecule has 0 saturated carbocycles. The minimum Gasteiger partial charge on any atom is -0.385 e. The van der Waals surface area contributed by atoms with Gasteiger partial charge in [0.05, 0.1) is 10.6 Å². The molecule has 0 saturated heterocycles. The van der Waals surface area contributed by atoms with Crippen LogP contribution in [0, 0.1) is 0 Å². The average Bonchev–Trinajstić information content (AvgIpc) is 2.42. The molecule has 0 radical (unpaired) electrons. The quantitative estimate of drug-likeness (QED) is 0.633. The number of sulfonamides is 2. The van der Waals surface area contributed by atoms with E-state index in [-0.39, 0.29) is 23.6 Å². The van der Waals surface area contributed by atoms with Crippen LogP contribution in [0.25, 0.3) is 0 Å². The fourth-order valence-corrected chi connectivity index (χ4v) is 4.20.